The van der Waals surface area contributed by atoms with E-state index in [1.54, 1.807) is 18.2 Å². The molecular weight excluding hydrogens is 442 g/mol. The van der Waals surface area contributed by atoms with E-state index in [1.807, 2.05) is 47.8 Å². The van der Waals surface area contributed by atoms with Crippen LogP contribution >= 0.6 is 34.7 Å². The summed E-state index contributed by atoms with van der Waals surface area (Å²) in [5.41, 5.74) is 1.38. The second-order valence-corrected chi connectivity index (χ2v) is 8.51. The Morgan fingerprint density at radius 3 is 2.70 bits per heavy atom. The maximum atomic E-state index is 13.1. The standard InChI is InChI=1S/C21H16ClN3O3S2/c1-27-16-10-9-14(12-15(16)22)23-19(26)18(13-6-3-2-4-7-13)30-21-25-24-20(28-21)17-8-5-11-29-17/h2-12,18H,1H3,(H,23,26). The normalized spacial score (nSPS) is 11.8. The van der Waals surface area contributed by atoms with Crippen LogP contribution in [0.3, 0.4) is 0 Å². The van der Waals surface area contributed by atoms with Crippen molar-refractivity contribution in [1.29, 1.82) is 0 Å². The zero-order valence-corrected chi connectivity index (χ0v) is 18.1. The summed E-state index contributed by atoms with van der Waals surface area (Å²) >= 11 is 8.88. The van der Waals surface area contributed by atoms with Crippen molar-refractivity contribution in [2.24, 2.45) is 0 Å². The number of anilines is 1. The smallest absolute Gasteiger partial charge is 0.278 e. The number of hydrogen-bond donors (Lipinski definition) is 1. The molecule has 1 atom stereocenters. The molecule has 0 radical (unpaired) electrons. The predicted octanol–water partition coefficient (Wildman–Crippen LogP) is 5.93. The molecule has 2 aromatic heterocycles. The number of carbonyl (C=O) groups is 1. The van der Waals surface area contributed by atoms with Gasteiger partial charge in [-0.2, -0.15) is 0 Å². The minimum atomic E-state index is -0.594. The second kappa shape index (κ2) is 9.34. The number of nitrogens with one attached hydrogen (secondary N) is 1. The molecule has 0 saturated heterocycles. The van der Waals surface area contributed by atoms with Crippen LogP contribution in [0.25, 0.3) is 10.8 Å². The molecule has 6 nitrogen and oxygen atoms in total. The third-order valence-electron chi connectivity index (χ3n) is 4.12. The number of nitrogens with zero attached hydrogens (tertiary/aromatic N) is 2. The summed E-state index contributed by atoms with van der Waals surface area (Å²) in [6, 6.07) is 18.3. The van der Waals surface area contributed by atoms with Crippen LogP contribution in [0.1, 0.15) is 10.8 Å². The van der Waals surface area contributed by atoms with Crippen LogP contribution in [-0.4, -0.2) is 23.2 Å². The lowest BCUT2D eigenvalue weighted by Gasteiger charge is -2.15. The van der Waals surface area contributed by atoms with Crippen molar-refractivity contribution >= 4 is 46.3 Å². The van der Waals surface area contributed by atoms with E-state index in [1.165, 1.54) is 30.2 Å². The highest BCUT2D eigenvalue weighted by molar-refractivity contribution is 8.00. The van der Waals surface area contributed by atoms with Crippen molar-refractivity contribution in [2.75, 3.05) is 12.4 Å². The van der Waals surface area contributed by atoms with Crippen LogP contribution in [-0.2, 0) is 4.79 Å². The first-order valence-corrected chi connectivity index (χ1v) is 11.0. The number of benzene rings is 2. The van der Waals surface area contributed by atoms with Crippen LogP contribution in [0, 0.1) is 0 Å². The fourth-order valence-electron chi connectivity index (χ4n) is 2.71. The van der Waals surface area contributed by atoms with Crippen LogP contribution < -0.4 is 10.1 Å². The molecule has 1 amide bonds. The van der Waals surface area contributed by atoms with E-state index in [0.29, 0.717) is 27.6 Å². The maximum Gasteiger partial charge on any atom is 0.278 e. The number of aromatic nitrogens is 2. The van der Waals surface area contributed by atoms with Crippen molar-refractivity contribution in [2.45, 2.75) is 10.5 Å². The highest BCUT2D eigenvalue weighted by Crippen LogP contribution is 2.37. The van der Waals surface area contributed by atoms with Gasteiger partial charge in [-0.05, 0) is 47.0 Å². The van der Waals surface area contributed by atoms with Gasteiger partial charge in [0, 0.05) is 5.69 Å². The van der Waals surface area contributed by atoms with E-state index in [9.17, 15) is 4.79 Å². The molecule has 9 heteroatoms. The molecule has 0 aliphatic heterocycles. The number of thioether (sulfide) groups is 1. The fourth-order valence-corrected chi connectivity index (χ4v) is 4.49. The molecule has 1 unspecified atom stereocenters. The van der Waals surface area contributed by atoms with E-state index >= 15 is 0 Å². The van der Waals surface area contributed by atoms with Gasteiger partial charge < -0.3 is 14.5 Å². The number of rotatable bonds is 7. The van der Waals surface area contributed by atoms with Gasteiger partial charge >= 0.3 is 0 Å². The number of halogens is 1. The molecule has 0 aliphatic rings. The molecule has 152 valence electrons. The summed E-state index contributed by atoms with van der Waals surface area (Å²) in [6.45, 7) is 0. The fraction of sp³-hybridized carbons (Fsp3) is 0.0952. The third kappa shape index (κ3) is 4.67. The lowest BCUT2D eigenvalue weighted by molar-refractivity contribution is -0.115. The van der Waals surface area contributed by atoms with Gasteiger partial charge in [-0.15, -0.1) is 21.5 Å². The van der Waals surface area contributed by atoms with Gasteiger partial charge in [0.2, 0.25) is 5.91 Å². The van der Waals surface area contributed by atoms with Crippen molar-refractivity contribution in [3.8, 4) is 16.5 Å². The van der Waals surface area contributed by atoms with Gasteiger partial charge in [-0.3, -0.25) is 4.79 Å². The molecule has 1 N–H and O–H groups in total. The summed E-state index contributed by atoms with van der Waals surface area (Å²) in [6.07, 6.45) is 0. The van der Waals surface area contributed by atoms with Crippen LogP contribution in [0.5, 0.6) is 5.75 Å². The van der Waals surface area contributed by atoms with E-state index in [-0.39, 0.29) is 5.91 Å². The summed E-state index contributed by atoms with van der Waals surface area (Å²) < 4.78 is 10.9. The van der Waals surface area contributed by atoms with E-state index in [2.05, 4.69) is 15.5 Å². The molecule has 2 heterocycles. The molecule has 4 aromatic rings. The second-order valence-electron chi connectivity index (χ2n) is 6.10. The number of amides is 1. The van der Waals surface area contributed by atoms with Crippen molar-refractivity contribution in [3.05, 3.63) is 76.6 Å². The van der Waals surface area contributed by atoms with Gasteiger partial charge in [0.05, 0.1) is 17.0 Å². The van der Waals surface area contributed by atoms with Crippen molar-refractivity contribution in [3.63, 3.8) is 0 Å². The molecule has 0 spiro atoms. The molecule has 30 heavy (non-hydrogen) atoms. The Labute approximate surface area is 186 Å². The minimum absolute atomic E-state index is 0.233. The van der Waals surface area contributed by atoms with Gasteiger partial charge in [0.25, 0.3) is 11.1 Å². The highest BCUT2D eigenvalue weighted by atomic mass is 35.5. The first-order valence-electron chi connectivity index (χ1n) is 8.87. The van der Waals surface area contributed by atoms with Crippen molar-refractivity contribution in [1.82, 2.24) is 10.2 Å². The van der Waals surface area contributed by atoms with Crippen LogP contribution in [0.2, 0.25) is 5.02 Å². The summed E-state index contributed by atoms with van der Waals surface area (Å²) in [4.78, 5) is 14.0. The first-order chi connectivity index (χ1) is 14.6. The third-order valence-corrected chi connectivity index (χ3v) is 6.36. The molecule has 0 saturated carbocycles. The first kappa shape index (κ1) is 20.5. The number of thiophene rings is 1. The molecular formula is C21H16ClN3O3S2. The Balaban J connectivity index is 1.57. The summed E-state index contributed by atoms with van der Waals surface area (Å²) in [5, 5.41) is 13.2. The summed E-state index contributed by atoms with van der Waals surface area (Å²) in [7, 11) is 1.54. The summed E-state index contributed by atoms with van der Waals surface area (Å²) in [5.74, 6) is 0.737. The molecule has 0 bridgehead atoms. The number of carbonyl (C=O) groups excluding carboxylic acids is 1. The molecule has 0 fully saturated rings. The Kier molecular flexibility index (Phi) is 6.37. The van der Waals surface area contributed by atoms with Gasteiger partial charge in [-0.25, -0.2) is 0 Å². The van der Waals surface area contributed by atoms with Crippen LogP contribution in [0.4, 0.5) is 5.69 Å². The lowest BCUT2D eigenvalue weighted by Crippen LogP contribution is -2.19. The number of methoxy groups -OCH3 is 1. The zero-order chi connectivity index (χ0) is 20.9. The van der Waals surface area contributed by atoms with Gasteiger partial charge in [0.15, 0.2) is 0 Å². The molecule has 4 rings (SSSR count). The maximum absolute atomic E-state index is 13.1. The molecule has 0 aliphatic carbocycles. The van der Waals surface area contributed by atoms with E-state index in [4.69, 9.17) is 20.8 Å². The Morgan fingerprint density at radius 1 is 1.17 bits per heavy atom. The monoisotopic (exact) mass is 457 g/mol. The quantitative estimate of drug-likeness (QED) is 0.346. The Bertz CT molecular complexity index is 1130. The van der Waals surface area contributed by atoms with Gasteiger partial charge in [-0.1, -0.05) is 48.0 Å². The minimum Gasteiger partial charge on any atom is -0.495 e. The Hall–Kier alpha value is -2.81. The van der Waals surface area contributed by atoms with E-state index < -0.39 is 5.25 Å². The number of hydrogen-bond acceptors (Lipinski definition) is 7. The average Bonchev–Trinajstić information content (AvgIpc) is 3.44. The van der Waals surface area contributed by atoms with Crippen molar-refractivity contribution < 1.29 is 13.9 Å². The Morgan fingerprint density at radius 2 is 2.00 bits per heavy atom. The molecule has 2 aromatic carbocycles. The largest absolute Gasteiger partial charge is 0.495 e. The van der Waals surface area contributed by atoms with Gasteiger partial charge in [0.1, 0.15) is 11.0 Å². The van der Waals surface area contributed by atoms with E-state index in [0.717, 1.165) is 10.4 Å². The number of ether oxygens (including phenoxy) is 1. The SMILES string of the molecule is COc1ccc(NC(=O)C(Sc2nnc(-c3cccs3)o2)c2ccccc2)cc1Cl. The zero-order valence-electron chi connectivity index (χ0n) is 15.7. The predicted molar refractivity (Wildman–Crippen MR) is 119 cm³/mol. The lowest BCUT2D eigenvalue weighted by atomic mass is 10.1. The highest BCUT2D eigenvalue weighted by Gasteiger charge is 2.25. The van der Waals surface area contributed by atoms with Crippen LogP contribution in [0.15, 0.2) is 75.7 Å². The topological polar surface area (TPSA) is 77.2 Å². The average molecular weight is 458 g/mol.